The Morgan fingerprint density at radius 1 is 1.43 bits per heavy atom. The smallest absolute Gasteiger partial charge is 0.264 e. The molecule has 1 aliphatic heterocycles. The summed E-state index contributed by atoms with van der Waals surface area (Å²) in [6, 6.07) is 4.62. The lowest BCUT2D eigenvalue weighted by atomic mass is 9.94. The molecule has 5 nitrogen and oxygen atoms in total. The number of amides is 1. The number of benzene rings is 1. The molecule has 1 saturated heterocycles. The second-order valence-electron chi connectivity index (χ2n) is 5.32. The van der Waals surface area contributed by atoms with Gasteiger partial charge in [0.05, 0.1) is 18.8 Å². The van der Waals surface area contributed by atoms with Crippen molar-refractivity contribution in [3.8, 4) is 0 Å². The van der Waals surface area contributed by atoms with Gasteiger partial charge in [0.2, 0.25) is 5.91 Å². The van der Waals surface area contributed by atoms with E-state index in [9.17, 15) is 17.6 Å². The van der Waals surface area contributed by atoms with Gasteiger partial charge in [-0.15, -0.1) is 0 Å². The van der Waals surface area contributed by atoms with Crippen LogP contribution in [0.1, 0.15) is 29.9 Å². The molecule has 0 bridgehead atoms. The fraction of sp³-hybridized carbons (Fsp3) is 0.500. The third kappa shape index (κ3) is 4.25. The van der Waals surface area contributed by atoms with E-state index < -0.39 is 16.0 Å². The molecule has 0 aromatic heterocycles. The minimum atomic E-state index is -3.47. The average Bonchev–Trinajstić information content (AvgIpc) is 2.72. The fourth-order valence-corrected chi connectivity index (χ4v) is 2.80. The highest BCUT2D eigenvalue weighted by molar-refractivity contribution is 7.85. The van der Waals surface area contributed by atoms with Crippen LogP contribution in [0.3, 0.4) is 0 Å². The normalized spacial score (nSPS) is 22.3. The Morgan fingerprint density at radius 3 is 2.76 bits per heavy atom. The van der Waals surface area contributed by atoms with E-state index in [0.717, 1.165) is 6.26 Å². The van der Waals surface area contributed by atoms with Crippen LogP contribution in [0.2, 0.25) is 0 Å². The monoisotopic (exact) mass is 315 g/mol. The SMILES string of the molecule is Cc1ccc(C2CC(CCOS(C)(=O)=O)NC2=O)cc1F. The average molecular weight is 315 g/mol. The van der Waals surface area contributed by atoms with Gasteiger partial charge in [-0.2, -0.15) is 8.42 Å². The molecule has 0 radical (unpaired) electrons. The molecule has 2 atom stereocenters. The molecule has 0 spiro atoms. The standard InChI is InChI=1S/C14H18FNO4S/c1-9-3-4-10(7-13(9)15)12-8-11(16-14(12)17)5-6-20-21(2,18)19/h3-4,7,11-12H,5-6,8H2,1-2H3,(H,16,17). The van der Waals surface area contributed by atoms with Gasteiger partial charge >= 0.3 is 0 Å². The van der Waals surface area contributed by atoms with Gasteiger partial charge in [-0.1, -0.05) is 12.1 Å². The van der Waals surface area contributed by atoms with Gasteiger partial charge in [0, 0.05) is 6.04 Å². The number of halogens is 1. The number of aryl methyl sites for hydroxylation is 1. The highest BCUT2D eigenvalue weighted by Gasteiger charge is 2.33. The molecule has 1 aromatic carbocycles. The maximum absolute atomic E-state index is 13.6. The van der Waals surface area contributed by atoms with Gasteiger partial charge in [0.15, 0.2) is 0 Å². The third-order valence-electron chi connectivity index (χ3n) is 3.55. The topological polar surface area (TPSA) is 72.5 Å². The summed E-state index contributed by atoms with van der Waals surface area (Å²) in [5.74, 6) is -0.893. The van der Waals surface area contributed by atoms with Crippen molar-refractivity contribution in [3.05, 3.63) is 35.1 Å². The molecule has 7 heteroatoms. The zero-order valence-electron chi connectivity index (χ0n) is 11.9. The first-order valence-corrected chi connectivity index (χ1v) is 8.49. The number of rotatable bonds is 5. The largest absolute Gasteiger partial charge is 0.353 e. The van der Waals surface area contributed by atoms with Crippen molar-refractivity contribution in [3.63, 3.8) is 0 Å². The molecule has 1 aromatic rings. The summed E-state index contributed by atoms with van der Waals surface area (Å²) in [5, 5.41) is 2.79. The van der Waals surface area contributed by atoms with E-state index in [4.69, 9.17) is 0 Å². The Kier molecular flexibility index (Phi) is 4.63. The molecule has 0 saturated carbocycles. The van der Waals surface area contributed by atoms with E-state index in [2.05, 4.69) is 9.50 Å². The first-order valence-electron chi connectivity index (χ1n) is 6.67. The predicted octanol–water partition coefficient (Wildman–Crippen LogP) is 1.47. The molecular formula is C14H18FNO4S. The number of carbonyl (C=O) groups is 1. The van der Waals surface area contributed by atoms with Crippen LogP contribution in [0.5, 0.6) is 0 Å². The van der Waals surface area contributed by atoms with Crippen molar-refractivity contribution in [1.82, 2.24) is 5.32 Å². The molecule has 116 valence electrons. The Hall–Kier alpha value is -1.47. The van der Waals surface area contributed by atoms with Crippen LogP contribution in [-0.2, 0) is 19.1 Å². The van der Waals surface area contributed by atoms with Gasteiger partial charge in [0.1, 0.15) is 5.82 Å². The molecule has 2 rings (SSSR count). The van der Waals surface area contributed by atoms with Crippen LogP contribution in [0.25, 0.3) is 0 Å². The van der Waals surface area contributed by atoms with Crippen molar-refractivity contribution in [1.29, 1.82) is 0 Å². The van der Waals surface area contributed by atoms with E-state index in [1.165, 1.54) is 6.07 Å². The zero-order valence-corrected chi connectivity index (χ0v) is 12.7. The fourth-order valence-electron chi connectivity index (χ4n) is 2.40. The molecule has 1 N–H and O–H groups in total. The second-order valence-corrected chi connectivity index (χ2v) is 6.96. The summed E-state index contributed by atoms with van der Waals surface area (Å²) in [5.41, 5.74) is 1.18. The van der Waals surface area contributed by atoms with Crippen LogP contribution < -0.4 is 5.32 Å². The predicted molar refractivity (Wildman–Crippen MR) is 75.8 cm³/mol. The van der Waals surface area contributed by atoms with Gasteiger partial charge in [-0.05, 0) is 37.0 Å². The van der Waals surface area contributed by atoms with Crippen LogP contribution in [0.4, 0.5) is 4.39 Å². The summed E-state index contributed by atoms with van der Waals surface area (Å²) in [6.45, 7) is 1.69. The van der Waals surface area contributed by atoms with Crippen molar-refractivity contribution in [2.24, 2.45) is 0 Å². The molecule has 1 aliphatic rings. The Labute approximate surface area is 123 Å². The minimum Gasteiger partial charge on any atom is -0.353 e. The number of hydrogen-bond acceptors (Lipinski definition) is 4. The van der Waals surface area contributed by atoms with E-state index in [0.29, 0.717) is 24.0 Å². The second kappa shape index (κ2) is 6.11. The summed E-state index contributed by atoms with van der Waals surface area (Å²) in [4.78, 5) is 11.9. The van der Waals surface area contributed by atoms with Gasteiger partial charge < -0.3 is 5.32 Å². The number of carbonyl (C=O) groups excluding carboxylic acids is 1. The van der Waals surface area contributed by atoms with Gasteiger partial charge in [-0.3, -0.25) is 8.98 Å². The zero-order chi connectivity index (χ0) is 15.6. The van der Waals surface area contributed by atoms with Gasteiger partial charge in [-0.25, -0.2) is 4.39 Å². The lowest BCUT2D eigenvalue weighted by Crippen LogP contribution is -2.27. The van der Waals surface area contributed by atoms with Crippen LogP contribution >= 0.6 is 0 Å². The lowest BCUT2D eigenvalue weighted by Gasteiger charge is -2.10. The number of hydrogen-bond donors (Lipinski definition) is 1. The Bertz CT molecular complexity index is 644. The molecule has 1 heterocycles. The van der Waals surface area contributed by atoms with Crippen molar-refractivity contribution < 1.29 is 21.8 Å². The summed E-state index contributed by atoms with van der Waals surface area (Å²) < 4.78 is 40.0. The first-order chi connectivity index (χ1) is 9.76. The summed E-state index contributed by atoms with van der Waals surface area (Å²) in [7, 11) is -3.47. The maximum Gasteiger partial charge on any atom is 0.264 e. The van der Waals surface area contributed by atoms with Crippen molar-refractivity contribution in [2.45, 2.75) is 31.7 Å². The Morgan fingerprint density at radius 2 is 2.14 bits per heavy atom. The quantitative estimate of drug-likeness (QED) is 0.835. The van der Waals surface area contributed by atoms with E-state index in [1.54, 1.807) is 19.1 Å². The molecule has 0 aliphatic carbocycles. The van der Waals surface area contributed by atoms with Crippen molar-refractivity contribution in [2.75, 3.05) is 12.9 Å². The van der Waals surface area contributed by atoms with E-state index in [1.807, 2.05) is 0 Å². The van der Waals surface area contributed by atoms with Crippen LogP contribution in [-0.4, -0.2) is 33.2 Å². The van der Waals surface area contributed by atoms with Gasteiger partial charge in [0.25, 0.3) is 10.1 Å². The third-order valence-corrected chi connectivity index (χ3v) is 4.14. The lowest BCUT2D eigenvalue weighted by molar-refractivity contribution is -0.120. The van der Waals surface area contributed by atoms with E-state index >= 15 is 0 Å². The summed E-state index contributed by atoms with van der Waals surface area (Å²) in [6.07, 6.45) is 1.90. The maximum atomic E-state index is 13.6. The van der Waals surface area contributed by atoms with Crippen LogP contribution in [0.15, 0.2) is 18.2 Å². The number of nitrogens with one attached hydrogen (secondary N) is 1. The highest BCUT2D eigenvalue weighted by atomic mass is 32.2. The van der Waals surface area contributed by atoms with Crippen molar-refractivity contribution >= 4 is 16.0 Å². The summed E-state index contributed by atoms with van der Waals surface area (Å²) >= 11 is 0. The molecule has 1 amide bonds. The molecule has 2 unspecified atom stereocenters. The highest BCUT2D eigenvalue weighted by Crippen LogP contribution is 2.29. The molecule has 21 heavy (non-hydrogen) atoms. The molecular weight excluding hydrogens is 297 g/mol. The first kappa shape index (κ1) is 15.9. The van der Waals surface area contributed by atoms with E-state index in [-0.39, 0.29) is 24.4 Å². The Balaban J connectivity index is 1.97. The minimum absolute atomic E-state index is 0.0265. The van der Waals surface area contributed by atoms with Crippen LogP contribution in [0, 0.1) is 12.7 Å². The molecule has 1 fully saturated rings.